The quantitative estimate of drug-likeness (QED) is 0.563. The second-order valence-electron chi connectivity index (χ2n) is 6.37. The third-order valence-corrected chi connectivity index (χ3v) is 4.07. The summed E-state index contributed by atoms with van der Waals surface area (Å²) in [6.45, 7) is 5.13. The standard InChI is InChI=1S/C20H24N2O3S/c1-14(2)25-17-7-3-5-15(11-17)6-4-10-21-20(26)22-16-8-9-18-19(12-16)24-13-23-18/h3,5,7-9,11-12,14H,4,6,10,13H2,1-2H3,(H2,21,22,26). The molecule has 138 valence electrons. The molecule has 5 nitrogen and oxygen atoms in total. The third kappa shape index (κ3) is 5.26. The fourth-order valence-electron chi connectivity index (χ4n) is 2.69. The molecule has 0 atom stereocenters. The van der Waals surface area contributed by atoms with Gasteiger partial charge in [0, 0.05) is 18.3 Å². The van der Waals surface area contributed by atoms with E-state index < -0.39 is 0 Å². The van der Waals surface area contributed by atoms with Crippen molar-refractivity contribution in [1.82, 2.24) is 5.32 Å². The van der Waals surface area contributed by atoms with E-state index in [2.05, 4.69) is 22.8 Å². The van der Waals surface area contributed by atoms with Crippen molar-refractivity contribution in [3.05, 3.63) is 48.0 Å². The van der Waals surface area contributed by atoms with E-state index in [1.165, 1.54) is 5.56 Å². The lowest BCUT2D eigenvalue weighted by Gasteiger charge is -2.12. The molecule has 0 unspecified atom stereocenters. The fourth-order valence-corrected chi connectivity index (χ4v) is 2.91. The van der Waals surface area contributed by atoms with Gasteiger partial charge < -0.3 is 24.8 Å². The van der Waals surface area contributed by atoms with E-state index in [-0.39, 0.29) is 12.9 Å². The maximum Gasteiger partial charge on any atom is 0.231 e. The van der Waals surface area contributed by atoms with Crippen LogP contribution in [0, 0.1) is 0 Å². The highest BCUT2D eigenvalue weighted by Crippen LogP contribution is 2.34. The van der Waals surface area contributed by atoms with Crippen LogP contribution >= 0.6 is 12.2 Å². The van der Waals surface area contributed by atoms with Crippen LogP contribution in [0.4, 0.5) is 5.69 Å². The van der Waals surface area contributed by atoms with Gasteiger partial charge in [-0.3, -0.25) is 0 Å². The van der Waals surface area contributed by atoms with Crippen molar-refractivity contribution in [1.29, 1.82) is 0 Å². The molecule has 0 radical (unpaired) electrons. The van der Waals surface area contributed by atoms with Gasteiger partial charge in [0.2, 0.25) is 6.79 Å². The Kier molecular flexibility index (Phi) is 6.17. The van der Waals surface area contributed by atoms with Crippen LogP contribution in [0.3, 0.4) is 0 Å². The van der Waals surface area contributed by atoms with Gasteiger partial charge in [0.1, 0.15) is 5.75 Å². The Bertz CT molecular complexity index is 764. The summed E-state index contributed by atoms with van der Waals surface area (Å²) in [7, 11) is 0. The summed E-state index contributed by atoms with van der Waals surface area (Å²) in [5.74, 6) is 2.42. The predicted octanol–water partition coefficient (Wildman–Crippen LogP) is 4.12. The maximum atomic E-state index is 5.73. The van der Waals surface area contributed by atoms with Crippen LogP contribution < -0.4 is 24.8 Å². The summed E-state index contributed by atoms with van der Waals surface area (Å²) in [4.78, 5) is 0. The van der Waals surface area contributed by atoms with E-state index >= 15 is 0 Å². The highest BCUT2D eigenvalue weighted by atomic mass is 32.1. The van der Waals surface area contributed by atoms with E-state index in [0.717, 1.165) is 42.3 Å². The van der Waals surface area contributed by atoms with E-state index in [1.54, 1.807) is 0 Å². The molecule has 0 saturated carbocycles. The van der Waals surface area contributed by atoms with Gasteiger partial charge in [-0.1, -0.05) is 12.1 Å². The zero-order chi connectivity index (χ0) is 18.4. The van der Waals surface area contributed by atoms with Gasteiger partial charge in [0.25, 0.3) is 0 Å². The molecule has 1 heterocycles. The Morgan fingerprint density at radius 1 is 1.15 bits per heavy atom. The van der Waals surface area contributed by atoms with Gasteiger partial charge in [0.05, 0.1) is 6.10 Å². The first kappa shape index (κ1) is 18.3. The van der Waals surface area contributed by atoms with Gasteiger partial charge in [-0.05, 0) is 68.7 Å². The van der Waals surface area contributed by atoms with Crippen molar-refractivity contribution in [2.24, 2.45) is 0 Å². The molecular weight excluding hydrogens is 348 g/mol. The van der Waals surface area contributed by atoms with E-state index in [9.17, 15) is 0 Å². The van der Waals surface area contributed by atoms with Gasteiger partial charge in [-0.25, -0.2) is 0 Å². The molecule has 0 saturated heterocycles. The predicted molar refractivity (Wildman–Crippen MR) is 107 cm³/mol. The number of rotatable bonds is 7. The molecule has 0 fully saturated rings. The summed E-state index contributed by atoms with van der Waals surface area (Å²) in [5.41, 5.74) is 2.14. The summed E-state index contributed by atoms with van der Waals surface area (Å²) in [6.07, 6.45) is 2.13. The van der Waals surface area contributed by atoms with Crippen LogP contribution in [0.25, 0.3) is 0 Å². The van der Waals surface area contributed by atoms with E-state index in [1.807, 2.05) is 44.2 Å². The monoisotopic (exact) mass is 372 g/mol. The molecule has 1 aliphatic heterocycles. The van der Waals surface area contributed by atoms with Crippen molar-refractivity contribution >= 4 is 23.0 Å². The number of thiocarbonyl (C=S) groups is 1. The average molecular weight is 372 g/mol. The summed E-state index contributed by atoms with van der Waals surface area (Å²) in [5, 5.41) is 7.00. The van der Waals surface area contributed by atoms with Crippen molar-refractivity contribution in [3.63, 3.8) is 0 Å². The lowest BCUT2D eigenvalue weighted by Crippen LogP contribution is -2.29. The molecule has 6 heteroatoms. The molecule has 26 heavy (non-hydrogen) atoms. The summed E-state index contributed by atoms with van der Waals surface area (Å²) in [6, 6.07) is 13.9. The number of benzene rings is 2. The highest BCUT2D eigenvalue weighted by Gasteiger charge is 2.13. The Morgan fingerprint density at radius 3 is 2.85 bits per heavy atom. The minimum atomic E-state index is 0.187. The molecule has 1 aliphatic rings. The largest absolute Gasteiger partial charge is 0.491 e. The number of hydrogen-bond acceptors (Lipinski definition) is 4. The zero-order valence-corrected chi connectivity index (χ0v) is 15.9. The van der Waals surface area contributed by atoms with Crippen LogP contribution in [-0.4, -0.2) is 24.6 Å². The number of ether oxygens (including phenoxy) is 3. The van der Waals surface area contributed by atoms with Crippen molar-refractivity contribution in [2.45, 2.75) is 32.8 Å². The maximum absolute atomic E-state index is 5.73. The van der Waals surface area contributed by atoms with Crippen LogP contribution in [0.15, 0.2) is 42.5 Å². The first-order chi connectivity index (χ1) is 12.6. The van der Waals surface area contributed by atoms with Crippen molar-refractivity contribution < 1.29 is 14.2 Å². The molecular formula is C20H24N2O3S. The molecule has 0 aliphatic carbocycles. The third-order valence-electron chi connectivity index (χ3n) is 3.83. The van der Waals surface area contributed by atoms with E-state index in [4.69, 9.17) is 26.4 Å². The molecule has 0 aromatic heterocycles. The molecule has 3 rings (SSSR count). The Morgan fingerprint density at radius 2 is 2.00 bits per heavy atom. The van der Waals surface area contributed by atoms with Crippen molar-refractivity contribution in [3.8, 4) is 17.2 Å². The normalized spacial score (nSPS) is 12.1. The Labute approximate surface area is 159 Å². The Balaban J connectivity index is 1.40. The average Bonchev–Trinajstić information content (AvgIpc) is 3.06. The molecule has 2 aromatic carbocycles. The number of anilines is 1. The molecule has 2 N–H and O–H groups in total. The minimum absolute atomic E-state index is 0.187. The zero-order valence-electron chi connectivity index (χ0n) is 15.1. The van der Waals surface area contributed by atoms with Crippen LogP contribution in [0.2, 0.25) is 0 Å². The smallest absolute Gasteiger partial charge is 0.231 e. The van der Waals surface area contributed by atoms with Crippen LogP contribution in [-0.2, 0) is 6.42 Å². The van der Waals surface area contributed by atoms with E-state index in [0.29, 0.717) is 5.11 Å². The Hall–Kier alpha value is -2.47. The highest BCUT2D eigenvalue weighted by molar-refractivity contribution is 7.80. The minimum Gasteiger partial charge on any atom is -0.491 e. The number of aryl methyl sites for hydroxylation is 1. The fraction of sp³-hybridized carbons (Fsp3) is 0.350. The van der Waals surface area contributed by atoms with Crippen LogP contribution in [0.1, 0.15) is 25.8 Å². The lowest BCUT2D eigenvalue weighted by molar-refractivity contribution is 0.174. The van der Waals surface area contributed by atoms with Gasteiger partial charge in [0.15, 0.2) is 16.6 Å². The first-order valence-electron chi connectivity index (χ1n) is 8.80. The summed E-state index contributed by atoms with van der Waals surface area (Å²) < 4.78 is 16.4. The van der Waals surface area contributed by atoms with Crippen molar-refractivity contribution in [2.75, 3.05) is 18.7 Å². The number of nitrogens with one attached hydrogen (secondary N) is 2. The SMILES string of the molecule is CC(C)Oc1cccc(CCCNC(=S)Nc2ccc3c(c2)OCO3)c1. The van der Waals surface area contributed by atoms with Gasteiger partial charge >= 0.3 is 0 Å². The second-order valence-corrected chi connectivity index (χ2v) is 6.77. The first-order valence-corrected chi connectivity index (χ1v) is 9.21. The van der Waals surface area contributed by atoms with Gasteiger partial charge in [-0.2, -0.15) is 0 Å². The molecule has 2 aromatic rings. The summed E-state index contributed by atoms with van der Waals surface area (Å²) >= 11 is 5.35. The second kappa shape index (κ2) is 8.76. The van der Waals surface area contributed by atoms with Gasteiger partial charge in [-0.15, -0.1) is 0 Å². The molecule has 0 bridgehead atoms. The molecule has 0 amide bonds. The van der Waals surface area contributed by atoms with Crippen LogP contribution in [0.5, 0.6) is 17.2 Å². The topological polar surface area (TPSA) is 51.8 Å². The lowest BCUT2D eigenvalue weighted by atomic mass is 10.1. The number of hydrogen-bond donors (Lipinski definition) is 2. The number of fused-ring (bicyclic) bond motifs is 1. The molecule has 0 spiro atoms.